The van der Waals surface area contributed by atoms with Gasteiger partial charge in [-0.15, -0.1) is 0 Å². The number of halogens is 1. The lowest BCUT2D eigenvalue weighted by Crippen LogP contribution is -2.38. The third-order valence-electron chi connectivity index (χ3n) is 2.67. The number of nitrogens with zero attached hydrogens (tertiary/aromatic N) is 1. The Kier molecular flexibility index (Phi) is 5.07. The van der Waals surface area contributed by atoms with Crippen molar-refractivity contribution in [1.29, 1.82) is 0 Å². The topological polar surface area (TPSA) is 92.5 Å². The molecule has 0 saturated carbocycles. The summed E-state index contributed by atoms with van der Waals surface area (Å²) in [5.74, 6) is -1.32. The van der Waals surface area contributed by atoms with Crippen molar-refractivity contribution in [2.24, 2.45) is 0 Å². The van der Waals surface area contributed by atoms with Crippen LogP contribution in [0.15, 0.2) is 17.0 Å². The number of aryl methyl sites for hydroxylation is 1. The normalized spacial score (nSPS) is 11.7. The number of benzene rings is 1. The Bertz CT molecular complexity index is 617. The molecular weight excluding hydrogens is 285 g/mol. The Morgan fingerprint density at radius 1 is 1.45 bits per heavy atom. The molecule has 1 rings (SSSR count). The average molecular weight is 303 g/mol. The van der Waals surface area contributed by atoms with Crippen molar-refractivity contribution in [3.63, 3.8) is 0 Å². The molecule has 0 unspecified atom stereocenters. The molecule has 20 heavy (non-hydrogen) atoms. The Hall–Kier alpha value is -1.67. The number of carbonyl (C=O) groups excluding carboxylic acids is 1. The van der Waals surface area contributed by atoms with Crippen molar-refractivity contribution < 1.29 is 17.6 Å². The van der Waals surface area contributed by atoms with Crippen molar-refractivity contribution in [2.45, 2.75) is 18.7 Å². The predicted octanol–water partition coefficient (Wildman–Crippen LogP) is 0.473. The van der Waals surface area contributed by atoms with Crippen LogP contribution in [0.2, 0.25) is 0 Å². The molecule has 0 bridgehead atoms. The molecule has 0 aromatic heterocycles. The maximum absolute atomic E-state index is 14.0. The number of rotatable bonds is 5. The summed E-state index contributed by atoms with van der Waals surface area (Å²) in [5, 5.41) is 2.47. The first-order valence-electron chi connectivity index (χ1n) is 5.98. The molecule has 1 aromatic carbocycles. The smallest absolute Gasteiger partial charge is 0.246 e. The van der Waals surface area contributed by atoms with Crippen molar-refractivity contribution in [3.8, 4) is 0 Å². The fourth-order valence-electron chi connectivity index (χ4n) is 1.66. The van der Waals surface area contributed by atoms with Gasteiger partial charge in [0, 0.05) is 19.3 Å². The Balaban J connectivity index is 3.14. The van der Waals surface area contributed by atoms with Crippen molar-refractivity contribution in [3.05, 3.63) is 23.5 Å². The maximum atomic E-state index is 14.0. The number of nitrogens with two attached hydrogens (primary N) is 1. The van der Waals surface area contributed by atoms with Gasteiger partial charge in [0.2, 0.25) is 15.9 Å². The molecule has 0 saturated heterocycles. The molecule has 8 heteroatoms. The number of hydrogen-bond acceptors (Lipinski definition) is 4. The molecule has 1 aromatic rings. The van der Waals surface area contributed by atoms with E-state index in [9.17, 15) is 17.6 Å². The van der Waals surface area contributed by atoms with Crippen LogP contribution < -0.4 is 11.1 Å². The van der Waals surface area contributed by atoms with Crippen LogP contribution in [0.1, 0.15) is 12.5 Å². The second-order valence-corrected chi connectivity index (χ2v) is 6.38. The number of amides is 1. The van der Waals surface area contributed by atoms with E-state index in [4.69, 9.17) is 5.73 Å². The molecule has 0 aliphatic heterocycles. The van der Waals surface area contributed by atoms with Gasteiger partial charge < -0.3 is 11.1 Å². The summed E-state index contributed by atoms with van der Waals surface area (Å²) in [6.07, 6.45) is 0. The highest BCUT2D eigenvalue weighted by Gasteiger charge is 2.27. The van der Waals surface area contributed by atoms with Gasteiger partial charge in [0.15, 0.2) is 0 Å². The monoisotopic (exact) mass is 303 g/mol. The van der Waals surface area contributed by atoms with Crippen LogP contribution in [-0.4, -0.2) is 38.8 Å². The Morgan fingerprint density at radius 2 is 2.05 bits per heavy atom. The van der Waals surface area contributed by atoms with Gasteiger partial charge >= 0.3 is 0 Å². The van der Waals surface area contributed by atoms with Gasteiger partial charge in [-0.2, -0.15) is 4.31 Å². The van der Waals surface area contributed by atoms with Crippen LogP contribution in [-0.2, 0) is 14.8 Å². The first-order chi connectivity index (χ1) is 9.20. The van der Waals surface area contributed by atoms with E-state index in [0.717, 1.165) is 10.4 Å². The highest BCUT2D eigenvalue weighted by Crippen LogP contribution is 2.23. The number of likely N-dealkylation sites (N-methyl/N-ethyl adjacent to an activating group) is 2. The molecule has 3 N–H and O–H groups in total. The Labute approximate surface area is 117 Å². The number of hydrogen-bond donors (Lipinski definition) is 2. The van der Waals surface area contributed by atoms with Crippen LogP contribution in [0.5, 0.6) is 0 Å². The minimum atomic E-state index is -4.11. The Morgan fingerprint density at radius 3 is 2.60 bits per heavy atom. The van der Waals surface area contributed by atoms with Gasteiger partial charge in [0.25, 0.3) is 0 Å². The number of sulfonamides is 1. The minimum absolute atomic E-state index is 0.134. The molecule has 0 radical (unpaired) electrons. The molecule has 0 aliphatic rings. The van der Waals surface area contributed by atoms with Gasteiger partial charge in [-0.25, -0.2) is 12.8 Å². The number of anilines is 1. The molecule has 1 amide bonds. The second-order valence-electron chi connectivity index (χ2n) is 4.36. The van der Waals surface area contributed by atoms with Crippen LogP contribution >= 0.6 is 0 Å². The van der Waals surface area contributed by atoms with Crippen molar-refractivity contribution in [1.82, 2.24) is 9.62 Å². The second kappa shape index (κ2) is 6.19. The number of carbonyl (C=O) groups is 1. The van der Waals surface area contributed by atoms with E-state index in [0.29, 0.717) is 6.54 Å². The van der Waals surface area contributed by atoms with E-state index in [1.165, 1.54) is 20.0 Å². The minimum Gasteiger partial charge on any atom is -0.399 e. The molecule has 0 heterocycles. The van der Waals surface area contributed by atoms with Gasteiger partial charge in [-0.1, -0.05) is 0 Å². The van der Waals surface area contributed by atoms with Crippen LogP contribution in [0.25, 0.3) is 0 Å². The third kappa shape index (κ3) is 3.45. The predicted molar refractivity (Wildman–Crippen MR) is 74.0 cm³/mol. The van der Waals surface area contributed by atoms with Gasteiger partial charge in [0.05, 0.1) is 6.54 Å². The summed E-state index contributed by atoms with van der Waals surface area (Å²) in [6.45, 7) is 3.14. The zero-order valence-corrected chi connectivity index (χ0v) is 12.4. The van der Waals surface area contributed by atoms with Crippen LogP contribution in [0.4, 0.5) is 10.1 Å². The molecule has 0 aliphatic carbocycles. The quantitative estimate of drug-likeness (QED) is 0.774. The van der Waals surface area contributed by atoms with Gasteiger partial charge in [-0.05, 0) is 31.5 Å². The van der Waals surface area contributed by atoms with E-state index in [2.05, 4.69) is 5.32 Å². The van der Waals surface area contributed by atoms with E-state index in [1.54, 1.807) is 6.92 Å². The molecule has 0 fully saturated rings. The zero-order chi connectivity index (χ0) is 15.5. The highest BCUT2D eigenvalue weighted by molar-refractivity contribution is 7.89. The maximum Gasteiger partial charge on any atom is 0.246 e. The van der Waals surface area contributed by atoms with E-state index >= 15 is 0 Å². The average Bonchev–Trinajstić information content (AvgIpc) is 2.33. The molecule has 0 spiro atoms. The van der Waals surface area contributed by atoms with E-state index in [-0.39, 0.29) is 17.8 Å². The van der Waals surface area contributed by atoms with Crippen LogP contribution in [0.3, 0.4) is 0 Å². The lowest BCUT2D eigenvalue weighted by Gasteiger charge is -2.18. The van der Waals surface area contributed by atoms with Gasteiger partial charge in [-0.3, -0.25) is 4.79 Å². The van der Waals surface area contributed by atoms with Gasteiger partial charge in [0.1, 0.15) is 10.7 Å². The lowest BCUT2D eigenvalue weighted by molar-refractivity contribution is -0.121. The zero-order valence-electron chi connectivity index (χ0n) is 11.6. The fraction of sp³-hybridized carbons (Fsp3) is 0.417. The molecule has 0 atom stereocenters. The van der Waals surface area contributed by atoms with E-state index < -0.39 is 26.6 Å². The molecular formula is C12H18FN3O3S. The highest BCUT2D eigenvalue weighted by atomic mass is 32.2. The number of nitrogen functional groups attached to an aromatic ring is 1. The summed E-state index contributed by atoms with van der Waals surface area (Å²) in [5.41, 5.74) is 5.83. The largest absolute Gasteiger partial charge is 0.399 e. The van der Waals surface area contributed by atoms with Crippen molar-refractivity contribution in [2.75, 3.05) is 25.9 Å². The summed E-state index contributed by atoms with van der Waals surface area (Å²) < 4.78 is 39.2. The lowest BCUT2D eigenvalue weighted by atomic mass is 10.2. The molecule has 112 valence electrons. The van der Waals surface area contributed by atoms with Crippen molar-refractivity contribution >= 4 is 21.6 Å². The first-order valence-corrected chi connectivity index (χ1v) is 7.42. The SMILES string of the molecule is CCNC(=O)CN(C)S(=O)(=O)c1cc(N)cc(C)c1F. The fourth-order valence-corrected chi connectivity index (χ4v) is 2.96. The summed E-state index contributed by atoms with van der Waals surface area (Å²) in [4.78, 5) is 10.9. The first kappa shape index (κ1) is 16.4. The van der Waals surface area contributed by atoms with Crippen LogP contribution in [0, 0.1) is 12.7 Å². The van der Waals surface area contributed by atoms with E-state index in [1.807, 2.05) is 0 Å². The summed E-state index contributed by atoms with van der Waals surface area (Å²) >= 11 is 0. The third-order valence-corrected chi connectivity index (χ3v) is 4.47. The molecule has 6 nitrogen and oxygen atoms in total. The summed E-state index contributed by atoms with van der Waals surface area (Å²) in [7, 11) is -2.90. The summed E-state index contributed by atoms with van der Waals surface area (Å²) in [6, 6.07) is 2.39. The standard InChI is InChI=1S/C12H18FN3O3S/c1-4-15-11(17)7-16(3)20(18,19)10-6-9(14)5-8(2)12(10)13/h5-6H,4,7,14H2,1-3H3,(H,15,17). The number of nitrogens with one attached hydrogen (secondary N) is 1.